The first-order valence-corrected chi connectivity index (χ1v) is 6.17. The van der Waals surface area contributed by atoms with Gasteiger partial charge in [0, 0.05) is 12.0 Å². The summed E-state index contributed by atoms with van der Waals surface area (Å²) in [5.74, 6) is -0.968. The molecule has 2 unspecified atom stereocenters. The Kier molecular flexibility index (Phi) is 3.94. The van der Waals surface area contributed by atoms with Crippen molar-refractivity contribution < 1.29 is 19.1 Å². The molecule has 1 aromatic carbocycles. The van der Waals surface area contributed by atoms with Gasteiger partial charge in [-0.2, -0.15) is 0 Å². The molecule has 1 saturated heterocycles. The number of ketones is 1. The molecule has 0 spiro atoms. The smallest absolute Gasteiger partial charge is 0.329 e. The van der Waals surface area contributed by atoms with Crippen LogP contribution in [-0.2, 0) is 14.3 Å². The minimum Gasteiger partial charge on any atom is -0.453 e. The Morgan fingerprint density at radius 1 is 1.32 bits per heavy atom. The van der Waals surface area contributed by atoms with Gasteiger partial charge in [0.1, 0.15) is 6.04 Å². The fourth-order valence-electron chi connectivity index (χ4n) is 1.94. The van der Waals surface area contributed by atoms with Crippen LogP contribution in [0.4, 0.5) is 0 Å². The number of hydrogen-bond acceptors (Lipinski definition) is 4. The van der Waals surface area contributed by atoms with E-state index in [1.54, 1.807) is 24.3 Å². The number of Topliss-reactive ketones (excluding diaryl/α,β-unsaturated/α-hetero) is 1. The molecule has 1 aliphatic heterocycles. The SMILES string of the molecule is CC(OC(=O)C1CCC(=O)N1)C(=O)c1ccccc1. The standard InChI is InChI=1S/C14H15NO4/c1-9(13(17)10-5-3-2-4-6-10)19-14(18)11-7-8-12(16)15-11/h2-6,9,11H,7-8H2,1H3,(H,15,16). The fraction of sp³-hybridized carbons (Fsp3) is 0.357. The molecule has 1 fully saturated rings. The predicted molar refractivity (Wildman–Crippen MR) is 67.5 cm³/mol. The molecule has 1 amide bonds. The van der Waals surface area contributed by atoms with Gasteiger partial charge in [0.25, 0.3) is 0 Å². The van der Waals surface area contributed by atoms with Gasteiger partial charge in [-0.1, -0.05) is 30.3 Å². The lowest BCUT2D eigenvalue weighted by molar-refractivity contribution is -0.149. The molecule has 0 aromatic heterocycles. The molecule has 0 radical (unpaired) electrons. The first-order valence-electron chi connectivity index (χ1n) is 6.17. The molecule has 0 bridgehead atoms. The van der Waals surface area contributed by atoms with Gasteiger partial charge >= 0.3 is 5.97 Å². The van der Waals surface area contributed by atoms with Crippen molar-refractivity contribution in [2.75, 3.05) is 0 Å². The second kappa shape index (κ2) is 5.65. The van der Waals surface area contributed by atoms with Crippen molar-refractivity contribution in [3.8, 4) is 0 Å². The number of hydrogen-bond donors (Lipinski definition) is 1. The number of carbonyl (C=O) groups is 3. The quantitative estimate of drug-likeness (QED) is 0.650. The van der Waals surface area contributed by atoms with E-state index in [-0.39, 0.29) is 11.7 Å². The highest BCUT2D eigenvalue weighted by molar-refractivity contribution is 6.00. The average Bonchev–Trinajstić information content (AvgIpc) is 2.85. The third-order valence-corrected chi connectivity index (χ3v) is 3.00. The summed E-state index contributed by atoms with van der Waals surface area (Å²) in [7, 11) is 0. The van der Waals surface area contributed by atoms with Crippen LogP contribution in [0.1, 0.15) is 30.1 Å². The zero-order chi connectivity index (χ0) is 13.8. The maximum Gasteiger partial charge on any atom is 0.329 e. The highest BCUT2D eigenvalue weighted by atomic mass is 16.5. The third-order valence-electron chi connectivity index (χ3n) is 3.00. The normalized spacial score (nSPS) is 19.6. The minimum atomic E-state index is -0.854. The van der Waals surface area contributed by atoms with Crippen LogP contribution in [0.15, 0.2) is 30.3 Å². The summed E-state index contributed by atoms with van der Waals surface area (Å²) >= 11 is 0. The molecule has 0 saturated carbocycles. The van der Waals surface area contributed by atoms with Gasteiger partial charge in [0.15, 0.2) is 6.10 Å². The Morgan fingerprint density at radius 2 is 2.00 bits per heavy atom. The number of nitrogens with one attached hydrogen (secondary N) is 1. The second-order valence-corrected chi connectivity index (χ2v) is 4.47. The van der Waals surface area contributed by atoms with E-state index in [2.05, 4.69) is 5.32 Å². The molecule has 1 aliphatic rings. The summed E-state index contributed by atoms with van der Waals surface area (Å²) in [6.45, 7) is 1.53. The minimum absolute atomic E-state index is 0.163. The van der Waals surface area contributed by atoms with Gasteiger partial charge in [-0.15, -0.1) is 0 Å². The molecule has 0 aliphatic carbocycles. The van der Waals surface area contributed by atoms with E-state index in [1.165, 1.54) is 6.92 Å². The summed E-state index contributed by atoms with van der Waals surface area (Å²) in [5, 5.41) is 2.51. The van der Waals surface area contributed by atoms with Crippen LogP contribution >= 0.6 is 0 Å². The van der Waals surface area contributed by atoms with Gasteiger partial charge in [-0.25, -0.2) is 4.79 Å². The van der Waals surface area contributed by atoms with Crippen LogP contribution < -0.4 is 5.32 Å². The molecule has 19 heavy (non-hydrogen) atoms. The van der Waals surface area contributed by atoms with Crippen molar-refractivity contribution in [1.29, 1.82) is 0 Å². The Hall–Kier alpha value is -2.17. The van der Waals surface area contributed by atoms with Gasteiger partial charge < -0.3 is 10.1 Å². The van der Waals surface area contributed by atoms with Crippen molar-refractivity contribution in [2.45, 2.75) is 31.9 Å². The molecular weight excluding hydrogens is 246 g/mol. The van der Waals surface area contributed by atoms with Gasteiger partial charge in [-0.05, 0) is 13.3 Å². The van der Waals surface area contributed by atoms with Crippen molar-refractivity contribution in [2.24, 2.45) is 0 Å². The topological polar surface area (TPSA) is 72.5 Å². The third kappa shape index (κ3) is 3.19. The highest BCUT2D eigenvalue weighted by Crippen LogP contribution is 2.11. The van der Waals surface area contributed by atoms with Crippen molar-refractivity contribution in [3.63, 3.8) is 0 Å². The van der Waals surface area contributed by atoms with E-state index in [0.717, 1.165) is 0 Å². The second-order valence-electron chi connectivity index (χ2n) is 4.47. The van der Waals surface area contributed by atoms with Crippen molar-refractivity contribution in [3.05, 3.63) is 35.9 Å². The number of ether oxygens (including phenoxy) is 1. The molecule has 1 N–H and O–H groups in total. The van der Waals surface area contributed by atoms with Crippen LogP contribution in [0.3, 0.4) is 0 Å². The van der Waals surface area contributed by atoms with Crippen LogP contribution in [0.2, 0.25) is 0 Å². The Morgan fingerprint density at radius 3 is 2.58 bits per heavy atom. The molecule has 5 nitrogen and oxygen atoms in total. The van der Waals surface area contributed by atoms with Gasteiger partial charge in [0.05, 0.1) is 0 Å². The molecular formula is C14H15NO4. The maximum absolute atomic E-state index is 12.0. The van der Waals surface area contributed by atoms with Gasteiger partial charge in [-0.3, -0.25) is 9.59 Å². The Balaban J connectivity index is 1.94. The lowest BCUT2D eigenvalue weighted by atomic mass is 10.1. The summed E-state index contributed by atoms with van der Waals surface area (Å²) < 4.78 is 5.10. The van der Waals surface area contributed by atoms with Crippen molar-refractivity contribution >= 4 is 17.7 Å². The number of rotatable bonds is 4. The zero-order valence-electron chi connectivity index (χ0n) is 10.6. The molecule has 100 valence electrons. The fourth-order valence-corrected chi connectivity index (χ4v) is 1.94. The van der Waals surface area contributed by atoms with Crippen LogP contribution in [-0.4, -0.2) is 29.8 Å². The lowest BCUT2D eigenvalue weighted by Crippen LogP contribution is -2.37. The molecule has 5 heteroatoms. The summed E-state index contributed by atoms with van der Waals surface area (Å²) in [6.07, 6.45) is -0.113. The lowest BCUT2D eigenvalue weighted by Gasteiger charge is -2.15. The summed E-state index contributed by atoms with van der Waals surface area (Å²) in [4.78, 5) is 34.8. The molecule has 1 heterocycles. The monoisotopic (exact) mass is 261 g/mol. The molecule has 2 rings (SSSR count). The van der Waals surface area contributed by atoms with Crippen LogP contribution in [0.5, 0.6) is 0 Å². The Bertz CT molecular complexity index is 497. The van der Waals surface area contributed by atoms with E-state index < -0.39 is 18.1 Å². The van der Waals surface area contributed by atoms with E-state index >= 15 is 0 Å². The Labute approximate surface area is 110 Å². The maximum atomic E-state index is 12.0. The number of carbonyl (C=O) groups excluding carboxylic acids is 3. The number of amides is 1. The van der Waals surface area contributed by atoms with E-state index in [0.29, 0.717) is 18.4 Å². The number of esters is 1. The average molecular weight is 261 g/mol. The highest BCUT2D eigenvalue weighted by Gasteiger charge is 2.30. The summed E-state index contributed by atoms with van der Waals surface area (Å²) in [6, 6.07) is 8.02. The van der Waals surface area contributed by atoms with E-state index in [4.69, 9.17) is 4.74 Å². The predicted octanol–water partition coefficient (Wildman–Crippen LogP) is 1.08. The molecule has 1 aromatic rings. The van der Waals surface area contributed by atoms with Crippen molar-refractivity contribution in [1.82, 2.24) is 5.32 Å². The first kappa shape index (κ1) is 13.3. The largest absolute Gasteiger partial charge is 0.453 e. The van der Waals surface area contributed by atoms with Crippen LogP contribution in [0.25, 0.3) is 0 Å². The van der Waals surface area contributed by atoms with Gasteiger partial charge in [0.2, 0.25) is 11.7 Å². The van der Waals surface area contributed by atoms with E-state index in [1.807, 2.05) is 6.07 Å². The van der Waals surface area contributed by atoms with E-state index in [9.17, 15) is 14.4 Å². The number of benzene rings is 1. The van der Waals surface area contributed by atoms with Crippen LogP contribution in [0, 0.1) is 0 Å². The zero-order valence-corrected chi connectivity index (χ0v) is 10.6. The molecule has 2 atom stereocenters. The first-order chi connectivity index (χ1) is 9.08. The summed E-state index contributed by atoms with van der Waals surface area (Å²) in [5.41, 5.74) is 0.498.